The molecule has 2 aromatic rings. The van der Waals surface area contributed by atoms with Gasteiger partial charge in [-0.3, -0.25) is 14.4 Å². The summed E-state index contributed by atoms with van der Waals surface area (Å²) in [6.07, 6.45) is 2.12. The number of nitrogens with zero attached hydrogens (tertiary/aromatic N) is 1. The first-order chi connectivity index (χ1) is 14.8. The van der Waals surface area contributed by atoms with E-state index < -0.39 is 11.8 Å². The Morgan fingerprint density at radius 3 is 2.48 bits per heavy atom. The summed E-state index contributed by atoms with van der Waals surface area (Å²) in [5.74, 6) is -1.39. The number of hydrogen-bond donors (Lipinski definition) is 3. The highest BCUT2D eigenvalue weighted by atomic mass is 35.5. The Balaban J connectivity index is 1.78. The molecule has 0 aliphatic rings. The second-order valence-corrected chi connectivity index (χ2v) is 7.26. The first-order valence-corrected chi connectivity index (χ1v) is 10.1. The number of carbonyl (C=O) groups excluding carboxylic acids is 3. The van der Waals surface area contributed by atoms with E-state index in [1.807, 2.05) is 19.9 Å². The lowest BCUT2D eigenvalue weighted by Gasteiger charge is -2.09. The van der Waals surface area contributed by atoms with Gasteiger partial charge in [0.05, 0.1) is 6.21 Å². The van der Waals surface area contributed by atoms with Gasteiger partial charge in [0, 0.05) is 16.8 Å². The predicted molar refractivity (Wildman–Crippen MR) is 120 cm³/mol. The Morgan fingerprint density at radius 2 is 1.84 bits per heavy atom. The molecule has 3 amide bonds. The van der Waals surface area contributed by atoms with E-state index in [2.05, 4.69) is 21.2 Å². The van der Waals surface area contributed by atoms with Gasteiger partial charge in [0.25, 0.3) is 5.91 Å². The third-order valence-corrected chi connectivity index (χ3v) is 4.69. The summed E-state index contributed by atoms with van der Waals surface area (Å²) in [5.41, 5.74) is 4.36. The quantitative estimate of drug-likeness (QED) is 0.330. The maximum Gasteiger partial charge on any atom is 0.329 e. The van der Waals surface area contributed by atoms with Crippen LogP contribution in [0.25, 0.3) is 0 Å². The molecular weight excluding hydrogens is 420 g/mol. The zero-order chi connectivity index (χ0) is 22.8. The number of rotatable bonds is 8. The molecule has 9 heteroatoms. The molecule has 2 rings (SSSR count). The molecule has 0 bridgehead atoms. The van der Waals surface area contributed by atoms with Gasteiger partial charge in [-0.05, 0) is 67.8 Å². The van der Waals surface area contributed by atoms with Gasteiger partial charge in [-0.15, -0.1) is 0 Å². The highest BCUT2D eigenvalue weighted by molar-refractivity contribution is 6.35. The second-order valence-electron chi connectivity index (χ2n) is 6.85. The Hall–Kier alpha value is -3.39. The van der Waals surface area contributed by atoms with Crippen molar-refractivity contribution in [3.63, 3.8) is 0 Å². The van der Waals surface area contributed by atoms with Crippen LogP contribution in [0.1, 0.15) is 31.4 Å². The normalized spacial score (nSPS) is 11.6. The smallest absolute Gasteiger partial charge is 0.329 e. The van der Waals surface area contributed by atoms with Crippen LogP contribution >= 0.6 is 11.6 Å². The van der Waals surface area contributed by atoms with E-state index in [9.17, 15) is 14.4 Å². The number of nitrogens with one attached hydrogen (secondary N) is 3. The summed E-state index contributed by atoms with van der Waals surface area (Å²) >= 11 is 6.04. The molecule has 164 valence electrons. The Labute approximate surface area is 186 Å². The average Bonchev–Trinajstić information content (AvgIpc) is 2.75. The molecular formula is C22H25ClN4O4. The minimum absolute atomic E-state index is 0.0912. The van der Waals surface area contributed by atoms with E-state index >= 15 is 0 Å². The predicted octanol–water partition coefficient (Wildman–Crippen LogP) is 3.03. The van der Waals surface area contributed by atoms with Gasteiger partial charge >= 0.3 is 11.8 Å². The van der Waals surface area contributed by atoms with Crippen molar-refractivity contribution in [2.75, 3.05) is 11.9 Å². The number of aryl methyl sites for hydroxylation is 1. The topological polar surface area (TPSA) is 109 Å². The fourth-order valence-electron chi connectivity index (χ4n) is 2.27. The van der Waals surface area contributed by atoms with Crippen molar-refractivity contribution in [1.82, 2.24) is 10.7 Å². The molecule has 0 fully saturated rings. The monoisotopic (exact) mass is 444 g/mol. The number of benzene rings is 2. The lowest BCUT2D eigenvalue weighted by atomic mass is 10.2. The van der Waals surface area contributed by atoms with Crippen molar-refractivity contribution >= 4 is 41.2 Å². The van der Waals surface area contributed by atoms with Gasteiger partial charge < -0.3 is 15.4 Å². The molecule has 0 saturated heterocycles. The fraction of sp³-hybridized carbons (Fsp3) is 0.273. The number of amides is 3. The average molecular weight is 445 g/mol. The van der Waals surface area contributed by atoms with E-state index in [1.54, 1.807) is 43.3 Å². The maximum atomic E-state index is 12.0. The Morgan fingerprint density at radius 1 is 1.13 bits per heavy atom. The lowest BCUT2D eigenvalue weighted by molar-refractivity contribution is -0.139. The summed E-state index contributed by atoms with van der Waals surface area (Å²) in [6.45, 7) is 5.42. The molecule has 1 atom stereocenters. The van der Waals surface area contributed by atoms with Gasteiger partial charge in [-0.2, -0.15) is 5.10 Å². The van der Waals surface area contributed by atoms with Crippen molar-refractivity contribution in [2.24, 2.45) is 5.10 Å². The van der Waals surface area contributed by atoms with E-state index in [4.69, 9.17) is 16.3 Å². The molecule has 8 nitrogen and oxygen atoms in total. The SMILES string of the molecule is CC[C@@H](C)NC(=O)C(=O)N/N=C\c1ccc(OCC(=O)Nc2ccc(C)c(Cl)c2)cc1. The highest BCUT2D eigenvalue weighted by Gasteiger charge is 2.14. The number of anilines is 1. The van der Waals surface area contributed by atoms with Crippen LogP contribution in [0.2, 0.25) is 5.02 Å². The molecule has 3 N–H and O–H groups in total. The van der Waals surface area contributed by atoms with Crippen molar-refractivity contribution in [3.05, 3.63) is 58.6 Å². The van der Waals surface area contributed by atoms with Gasteiger partial charge in [-0.25, -0.2) is 5.43 Å². The molecule has 0 aliphatic heterocycles. The maximum absolute atomic E-state index is 12.0. The van der Waals surface area contributed by atoms with Crippen molar-refractivity contribution in [3.8, 4) is 5.75 Å². The number of hydrogen-bond acceptors (Lipinski definition) is 5. The number of hydrazone groups is 1. The van der Waals surface area contributed by atoms with E-state index in [1.165, 1.54) is 6.21 Å². The number of carbonyl (C=O) groups is 3. The molecule has 0 unspecified atom stereocenters. The second kappa shape index (κ2) is 11.7. The standard InChI is InChI=1S/C22H25ClN4O4/c1-4-15(3)25-21(29)22(30)27-24-12-16-6-9-18(10-7-16)31-13-20(28)26-17-8-5-14(2)19(23)11-17/h5-12,15H,4,13H2,1-3H3,(H,25,29)(H,26,28)(H,27,30)/b24-12-/t15-/m1/s1. The summed E-state index contributed by atoms with van der Waals surface area (Å²) < 4.78 is 5.46. The summed E-state index contributed by atoms with van der Waals surface area (Å²) in [4.78, 5) is 35.3. The molecule has 0 saturated carbocycles. The van der Waals surface area contributed by atoms with Crippen molar-refractivity contribution in [2.45, 2.75) is 33.2 Å². The number of ether oxygens (including phenoxy) is 1. The minimum atomic E-state index is -0.836. The van der Waals surface area contributed by atoms with Crippen molar-refractivity contribution < 1.29 is 19.1 Å². The molecule has 0 spiro atoms. The fourth-order valence-corrected chi connectivity index (χ4v) is 2.45. The first kappa shape index (κ1) is 23.9. The summed E-state index contributed by atoms with van der Waals surface area (Å²) in [7, 11) is 0. The third-order valence-electron chi connectivity index (χ3n) is 4.28. The van der Waals surface area contributed by atoms with Crippen LogP contribution in [0.15, 0.2) is 47.6 Å². The lowest BCUT2D eigenvalue weighted by Crippen LogP contribution is -2.41. The Kier molecular flexibility index (Phi) is 9.02. The molecule has 0 aromatic heterocycles. The molecule has 0 radical (unpaired) electrons. The van der Waals surface area contributed by atoms with Crippen LogP contribution in [0, 0.1) is 6.92 Å². The van der Waals surface area contributed by atoms with E-state index in [-0.39, 0.29) is 18.6 Å². The van der Waals surface area contributed by atoms with Crippen LogP contribution in [0.3, 0.4) is 0 Å². The summed E-state index contributed by atoms with van der Waals surface area (Å²) in [5, 5.41) is 9.59. The van der Waals surface area contributed by atoms with Gasteiger partial charge in [0.15, 0.2) is 6.61 Å². The highest BCUT2D eigenvalue weighted by Crippen LogP contribution is 2.20. The number of halogens is 1. The van der Waals surface area contributed by atoms with Gasteiger partial charge in [-0.1, -0.05) is 24.6 Å². The van der Waals surface area contributed by atoms with Crippen molar-refractivity contribution in [1.29, 1.82) is 0 Å². The molecule has 0 heterocycles. The Bertz CT molecular complexity index is 960. The zero-order valence-electron chi connectivity index (χ0n) is 17.6. The van der Waals surface area contributed by atoms with E-state index in [0.717, 1.165) is 12.0 Å². The van der Waals surface area contributed by atoms with Gasteiger partial charge in [0.1, 0.15) is 5.75 Å². The van der Waals surface area contributed by atoms with Gasteiger partial charge in [0.2, 0.25) is 0 Å². The zero-order valence-corrected chi connectivity index (χ0v) is 18.3. The third kappa shape index (κ3) is 8.10. The molecule has 31 heavy (non-hydrogen) atoms. The van der Waals surface area contributed by atoms with Crippen LogP contribution < -0.4 is 20.8 Å². The minimum Gasteiger partial charge on any atom is -0.484 e. The van der Waals surface area contributed by atoms with Crippen LogP contribution in [0.4, 0.5) is 5.69 Å². The molecule has 2 aromatic carbocycles. The summed E-state index contributed by atoms with van der Waals surface area (Å²) in [6, 6.07) is 11.9. The van der Waals surface area contributed by atoms with Crippen LogP contribution in [0.5, 0.6) is 5.75 Å². The first-order valence-electron chi connectivity index (χ1n) is 9.71. The molecule has 0 aliphatic carbocycles. The van der Waals surface area contributed by atoms with Crippen LogP contribution in [-0.2, 0) is 14.4 Å². The van der Waals surface area contributed by atoms with Crippen LogP contribution in [-0.4, -0.2) is 36.6 Å². The largest absolute Gasteiger partial charge is 0.484 e. The van der Waals surface area contributed by atoms with E-state index in [0.29, 0.717) is 22.0 Å².